The van der Waals surface area contributed by atoms with Crippen LogP contribution in [0.2, 0.25) is 0 Å². The van der Waals surface area contributed by atoms with Crippen molar-refractivity contribution in [3.05, 3.63) is 94.4 Å². The molecule has 0 bridgehead atoms. The van der Waals surface area contributed by atoms with Gasteiger partial charge in [0.2, 0.25) is 0 Å². The second-order valence-corrected chi connectivity index (χ2v) is 8.37. The van der Waals surface area contributed by atoms with E-state index in [4.69, 9.17) is 11.6 Å². The fourth-order valence-corrected chi connectivity index (χ4v) is 3.95. The number of ketones is 1. The van der Waals surface area contributed by atoms with Crippen molar-refractivity contribution < 1.29 is 17.6 Å². The highest BCUT2D eigenvalue weighted by atomic mass is 35.5. The first-order valence-corrected chi connectivity index (χ1v) is 10.6. The predicted octanol–water partition coefficient (Wildman–Crippen LogP) is 4.89. The molecule has 6 nitrogen and oxygen atoms in total. The van der Waals surface area contributed by atoms with Crippen molar-refractivity contribution in [3.63, 3.8) is 0 Å². The van der Waals surface area contributed by atoms with Crippen molar-refractivity contribution in [2.75, 3.05) is 4.72 Å². The van der Waals surface area contributed by atoms with Crippen molar-refractivity contribution in [1.82, 2.24) is 9.97 Å². The van der Waals surface area contributed by atoms with Gasteiger partial charge in [-0.25, -0.2) is 17.8 Å². The summed E-state index contributed by atoms with van der Waals surface area (Å²) in [6, 6.07) is 6.77. The highest BCUT2D eigenvalue weighted by Crippen LogP contribution is 2.24. The number of carbonyl (C=O) groups excluding carboxylic acids is 1. The molecule has 0 aliphatic rings. The molecule has 0 unspecified atom stereocenters. The standard InChI is InChI=1S/C21H17ClFN3O3S/c1-3-15(8-6-13(2)22)30(28,29)26-14-7-9-19(23)17(11-14)20(27)18-12-25-21-16(18)5-4-10-24-21/h3-12,26H,2H2,1H3,(H,24,25)/b8-6-,15-3+. The van der Waals surface area contributed by atoms with Crippen LogP contribution >= 0.6 is 11.6 Å². The molecule has 154 valence electrons. The van der Waals surface area contributed by atoms with E-state index in [9.17, 15) is 17.6 Å². The number of aromatic nitrogens is 2. The van der Waals surface area contributed by atoms with E-state index in [-0.39, 0.29) is 26.8 Å². The highest BCUT2D eigenvalue weighted by Gasteiger charge is 2.21. The fraction of sp³-hybridized carbons (Fsp3) is 0.0476. The first-order chi connectivity index (χ1) is 14.2. The Balaban J connectivity index is 1.95. The molecule has 3 rings (SSSR count). The Bertz CT molecular complexity index is 1310. The monoisotopic (exact) mass is 445 g/mol. The van der Waals surface area contributed by atoms with Gasteiger partial charge < -0.3 is 4.98 Å². The zero-order chi connectivity index (χ0) is 21.9. The average molecular weight is 446 g/mol. The Morgan fingerprint density at radius 3 is 2.73 bits per heavy atom. The number of anilines is 1. The molecular weight excluding hydrogens is 429 g/mol. The van der Waals surface area contributed by atoms with Gasteiger partial charge in [0.15, 0.2) is 5.78 Å². The quantitative estimate of drug-likeness (QED) is 0.400. The number of hydrogen-bond donors (Lipinski definition) is 2. The lowest BCUT2D eigenvalue weighted by atomic mass is 10.0. The van der Waals surface area contributed by atoms with Crippen LogP contribution in [0.15, 0.2) is 77.5 Å². The zero-order valence-corrected chi connectivity index (χ0v) is 17.4. The molecule has 0 aliphatic carbocycles. The Labute approximate surface area is 177 Å². The second-order valence-electron chi connectivity index (χ2n) is 6.20. The number of aromatic amines is 1. The zero-order valence-electron chi connectivity index (χ0n) is 15.8. The lowest BCUT2D eigenvalue weighted by Crippen LogP contribution is -2.15. The molecule has 0 radical (unpaired) electrons. The third-order valence-electron chi connectivity index (χ3n) is 4.18. The van der Waals surface area contributed by atoms with E-state index < -0.39 is 21.6 Å². The summed E-state index contributed by atoms with van der Waals surface area (Å²) < 4.78 is 42.0. The van der Waals surface area contributed by atoms with Gasteiger partial charge in [0.1, 0.15) is 11.5 Å². The number of carbonyl (C=O) groups is 1. The van der Waals surface area contributed by atoms with E-state index in [0.29, 0.717) is 11.0 Å². The normalized spacial score (nSPS) is 12.4. The SMILES string of the molecule is C=C(Cl)/C=C\C(=C/C)S(=O)(=O)Nc1ccc(F)c(C(=O)c2c[nH]c3ncccc23)c1. The number of benzene rings is 1. The number of allylic oxidation sites excluding steroid dienone is 4. The van der Waals surface area contributed by atoms with Crippen LogP contribution in [-0.2, 0) is 10.0 Å². The van der Waals surface area contributed by atoms with E-state index in [0.717, 1.165) is 12.1 Å². The van der Waals surface area contributed by atoms with E-state index in [1.54, 1.807) is 25.3 Å². The van der Waals surface area contributed by atoms with Gasteiger partial charge in [-0.3, -0.25) is 9.52 Å². The van der Waals surface area contributed by atoms with E-state index >= 15 is 0 Å². The topological polar surface area (TPSA) is 91.9 Å². The van der Waals surface area contributed by atoms with E-state index in [1.165, 1.54) is 30.5 Å². The minimum absolute atomic E-state index is 0.0372. The van der Waals surface area contributed by atoms with Crippen LogP contribution in [0, 0.1) is 5.82 Å². The molecule has 0 atom stereocenters. The fourth-order valence-electron chi connectivity index (χ4n) is 2.78. The van der Waals surface area contributed by atoms with Gasteiger partial charge in [0, 0.05) is 34.1 Å². The molecule has 0 aliphatic heterocycles. The Morgan fingerprint density at radius 2 is 2.03 bits per heavy atom. The van der Waals surface area contributed by atoms with Crippen LogP contribution in [0.5, 0.6) is 0 Å². The van der Waals surface area contributed by atoms with Crippen LogP contribution < -0.4 is 4.72 Å². The van der Waals surface area contributed by atoms with Crippen LogP contribution in [-0.4, -0.2) is 24.2 Å². The van der Waals surface area contributed by atoms with Gasteiger partial charge in [-0.15, -0.1) is 0 Å². The molecular formula is C21H17ClFN3O3S. The lowest BCUT2D eigenvalue weighted by molar-refractivity contribution is 0.103. The summed E-state index contributed by atoms with van der Waals surface area (Å²) in [6.07, 6.45) is 6.99. The molecule has 0 amide bonds. The van der Waals surface area contributed by atoms with Gasteiger partial charge >= 0.3 is 0 Å². The molecule has 1 aromatic carbocycles. The minimum atomic E-state index is -3.99. The number of rotatable bonds is 7. The van der Waals surface area contributed by atoms with Gasteiger partial charge in [-0.05, 0) is 49.4 Å². The van der Waals surface area contributed by atoms with Gasteiger partial charge in [-0.1, -0.05) is 24.3 Å². The summed E-state index contributed by atoms with van der Waals surface area (Å²) in [5.74, 6) is -1.37. The summed E-state index contributed by atoms with van der Waals surface area (Å²) in [7, 11) is -3.99. The minimum Gasteiger partial charge on any atom is -0.345 e. The van der Waals surface area contributed by atoms with Gasteiger partial charge in [0.05, 0.1) is 10.5 Å². The van der Waals surface area contributed by atoms with Gasteiger partial charge in [-0.2, -0.15) is 0 Å². The van der Waals surface area contributed by atoms with Crippen molar-refractivity contribution >= 4 is 44.1 Å². The molecule has 0 spiro atoms. The maximum absolute atomic E-state index is 14.4. The summed E-state index contributed by atoms with van der Waals surface area (Å²) >= 11 is 5.64. The molecule has 0 fully saturated rings. The number of H-pyrrole nitrogens is 1. The van der Waals surface area contributed by atoms with E-state index in [2.05, 4.69) is 21.3 Å². The second kappa shape index (κ2) is 8.64. The molecule has 0 saturated heterocycles. The Hall–Kier alpha value is -3.23. The number of fused-ring (bicyclic) bond motifs is 1. The average Bonchev–Trinajstić information content (AvgIpc) is 3.13. The number of halogens is 2. The van der Waals surface area contributed by atoms with Crippen molar-refractivity contribution in [3.8, 4) is 0 Å². The largest absolute Gasteiger partial charge is 0.345 e. The van der Waals surface area contributed by atoms with Crippen LogP contribution in [0.25, 0.3) is 11.0 Å². The summed E-state index contributed by atoms with van der Waals surface area (Å²) in [5, 5.41) is 0.697. The molecule has 2 aromatic heterocycles. The third-order valence-corrected chi connectivity index (χ3v) is 5.81. The summed E-state index contributed by atoms with van der Waals surface area (Å²) in [5.41, 5.74) is 0.486. The number of nitrogens with zero attached hydrogens (tertiary/aromatic N) is 1. The maximum Gasteiger partial charge on any atom is 0.261 e. The number of nitrogens with one attached hydrogen (secondary N) is 2. The summed E-state index contributed by atoms with van der Waals surface area (Å²) in [4.78, 5) is 19.8. The predicted molar refractivity (Wildman–Crippen MR) is 116 cm³/mol. The van der Waals surface area contributed by atoms with E-state index in [1.807, 2.05) is 0 Å². The van der Waals surface area contributed by atoms with Crippen LogP contribution in [0.4, 0.5) is 10.1 Å². The number of hydrogen-bond acceptors (Lipinski definition) is 4. The van der Waals surface area contributed by atoms with Crippen molar-refractivity contribution in [2.45, 2.75) is 6.92 Å². The Kier molecular flexibility index (Phi) is 6.19. The molecule has 3 aromatic rings. The highest BCUT2D eigenvalue weighted by molar-refractivity contribution is 7.96. The summed E-state index contributed by atoms with van der Waals surface area (Å²) in [6.45, 7) is 5.01. The van der Waals surface area contributed by atoms with Crippen molar-refractivity contribution in [1.29, 1.82) is 0 Å². The van der Waals surface area contributed by atoms with Crippen LogP contribution in [0.1, 0.15) is 22.8 Å². The van der Waals surface area contributed by atoms with Crippen LogP contribution in [0.3, 0.4) is 0 Å². The molecule has 0 saturated carbocycles. The Morgan fingerprint density at radius 1 is 1.27 bits per heavy atom. The third kappa shape index (κ3) is 4.50. The molecule has 2 N–H and O–H groups in total. The maximum atomic E-state index is 14.4. The number of pyridine rings is 1. The molecule has 9 heteroatoms. The lowest BCUT2D eigenvalue weighted by Gasteiger charge is -2.10. The molecule has 2 heterocycles. The van der Waals surface area contributed by atoms with Gasteiger partial charge in [0.25, 0.3) is 10.0 Å². The smallest absolute Gasteiger partial charge is 0.261 e. The first-order valence-electron chi connectivity index (χ1n) is 8.71. The van der Waals surface area contributed by atoms with Crippen molar-refractivity contribution in [2.24, 2.45) is 0 Å². The number of sulfonamides is 1. The first kappa shape index (κ1) is 21.5. The molecule has 30 heavy (non-hydrogen) atoms.